The molecular weight excluding hydrogens is 150 g/mol. The molecule has 0 heterocycles. The van der Waals surface area contributed by atoms with E-state index in [1.54, 1.807) is 0 Å². The maximum Gasteiger partial charge on any atom is 0.0661 e. The van der Waals surface area contributed by atoms with Crippen LogP contribution in [0.3, 0.4) is 0 Å². The quantitative estimate of drug-likeness (QED) is 0.444. The van der Waals surface area contributed by atoms with Crippen LogP contribution in [0.1, 0.15) is 34.1 Å². The van der Waals surface area contributed by atoms with E-state index in [9.17, 15) is 0 Å². The van der Waals surface area contributed by atoms with Crippen LogP contribution in [0, 0.1) is 5.92 Å². The van der Waals surface area contributed by atoms with Crippen molar-refractivity contribution in [1.29, 1.82) is 0 Å². The fourth-order valence-electron chi connectivity index (χ4n) is 0.716. The van der Waals surface area contributed by atoms with E-state index >= 15 is 0 Å². The van der Waals surface area contributed by atoms with E-state index in [1.165, 1.54) is 5.71 Å². The summed E-state index contributed by atoms with van der Waals surface area (Å²) in [6, 6.07) is 0. The maximum atomic E-state index is 5.31. The molecule has 0 aromatic heterocycles. The first kappa shape index (κ1) is 11.6. The van der Waals surface area contributed by atoms with Crippen molar-refractivity contribution in [3.05, 3.63) is 0 Å². The van der Waals surface area contributed by atoms with Crippen molar-refractivity contribution in [2.45, 2.75) is 34.1 Å². The van der Waals surface area contributed by atoms with Gasteiger partial charge >= 0.3 is 0 Å². The molecule has 0 atom stereocenters. The normalized spacial score (nSPS) is 12.6. The predicted octanol–water partition coefficient (Wildman–Crippen LogP) is 2.53. The standard InChI is InChI=1S/C10H21NO/c1-5-7-12-8-6-11-10(4)9(2)3/h9H,5-8H2,1-4H3. The highest BCUT2D eigenvalue weighted by Gasteiger charge is 1.95. The van der Waals surface area contributed by atoms with Gasteiger partial charge in [0.2, 0.25) is 0 Å². The van der Waals surface area contributed by atoms with Gasteiger partial charge in [-0.15, -0.1) is 0 Å². The molecule has 0 radical (unpaired) electrons. The van der Waals surface area contributed by atoms with Crippen molar-refractivity contribution in [3.8, 4) is 0 Å². The number of rotatable bonds is 6. The molecule has 0 fully saturated rings. The smallest absolute Gasteiger partial charge is 0.0661 e. The lowest BCUT2D eigenvalue weighted by Crippen LogP contribution is -2.06. The van der Waals surface area contributed by atoms with E-state index in [-0.39, 0.29) is 0 Å². The highest BCUT2D eigenvalue weighted by Crippen LogP contribution is 1.95. The molecule has 0 aliphatic carbocycles. The summed E-state index contributed by atoms with van der Waals surface area (Å²) in [7, 11) is 0. The molecule has 0 saturated carbocycles. The first-order valence-corrected chi connectivity index (χ1v) is 4.77. The molecule has 0 rings (SSSR count). The minimum atomic E-state index is 0.566. The van der Waals surface area contributed by atoms with Gasteiger partial charge in [-0.2, -0.15) is 0 Å². The highest BCUT2D eigenvalue weighted by atomic mass is 16.5. The van der Waals surface area contributed by atoms with Gasteiger partial charge < -0.3 is 4.74 Å². The van der Waals surface area contributed by atoms with E-state index in [2.05, 4.69) is 32.7 Å². The highest BCUT2D eigenvalue weighted by molar-refractivity contribution is 5.83. The minimum Gasteiger partial charge on any atom is -0.380 e. The second kappa shape index (κ2) is 7.29. The molecule has 0 unspecified atom stereocenters. The number of hydrogen-bond acceptors (Lipinski definition) is 2. The zero-order chi connectivity index (χ0) is 9.40. The molecule has 0 saturated heterocycles. The van der Waals surface area contributed by atoms with Gasteiger partial charge in [-0.1, -0.05) is 20.8 Å². The monoisotopic (exact) mass is 171 g/mol. The molecule has 0 bridgehead atoms. The summed E-state index contributed by atoms with van der Waals surface area (Å²) in [6.07, 6.45) is 1.09. The third-order valence-corrected chi connectivity index (χ3v) is 1.78. The van der Waals surface area contributed by atoms with Crippen molar-refractivity contribution < 1.29 is 4.74 Å². The van der Waals surface area contributed by atoms with Gasteiger partial charge in [0.15, 0.2) is 0 Å². The Bertz CT molecular complexity index is 130. The maximum absolute atomic E-state index is 5.31. The summed E-state index contributed by atoms with van der Waals surface area (Å²) >= 11 is 0. The van der Waals surface area contributed by atoms with Crippen molar-refractivity contribution in [1.82, 2.24) is 0 Å². The molecule has 0 spiro atoms. The van der Waals surface area contributed by atoms with Gasteiger partial charge in [0.1, 0.15) is 0 Å². The second-order valence-electron chi connectivity index (χ2n) is 3.29. The lowest BCUT2D eigenvalue weighted by atomic mass is 10.1. The molecule has 0 amide bonds. The Morgan fingerprint density at radius 2 is 2.00 bits per heavy atom. The third-order valence-electron chi connectivity index (χ3n) is 1.78. The van der Waals surface area contributed by atoms with Gasteiger partial charge in [0.25, 0.3) is 0 Å². The fraction of sp³-hybridized carbons (Fsp3) is 0.900. The summed E-state index contributed by atoms with van der Waals surface area (Å²) in [4.78, 5) is 4.39. The molecule has 2 nitrogen and oxygen atoms in total. The Kier molecular flexibility index (Phi) is 7.06. The Hall–Kier alpha value is -0.370. The van der Waals surface area contributed by atoms with Crippen molar-refractivity contribution in [2.75, 3.05) is 19.8 Å². The van der Waals surface area contributed by atoms with Crippen LogP contribution >= 0.6 is 0 Å². The van der Waals surface area contributed by atoms with E-state index in [0.29, 0.717) is 5.92 Å². The van der Waals surface area contributed by atoms with Crippen LogP contribution < -0.4 is 0 Å². The van der Waals surface area contributed by atoms with Crippen molar-refractivity contribution in [3.63, 3.8) is 0 Å². The average molecular weight is 171 g/mol. The van der Waals surface area contributed by atoms with E-state index in [1.807, 2.05) is 0 Å². The molecule has 72 valence electrons. The molecule has 2 heteroatoms. The molecule has 0 aliphatic heterocycles. The van der Waals surface area contributed by atoms with Crippen LogP contribution in [-0.2, 0) is 4.74 Å². The van der Waals surface area contributed by atoms with Gasteiger partial charge in [-0.3, -0.25) is 4.99 Å². The Balaban J connectivity index is 3.34. The van der Waals surface area contributed by atoms with Crippen LogP contribution in [-0.4, -0.2) is 25.5 Å². The van der Waals surface area contributed by atoms with E-state index in [4.69, 9.17) is 4.74 Å². The Morgan fingerprint density at radius 1 is 1.33 bits per heavy atom. The Morgan fingerprint density at radius 3 is 2.50 bits per heavy atom. The molecule has 0 aliphatic rings. The molecular formula is C10H21NO. The molecule has 0 N–H and O–H groups in total. The van der Waals surface area contributed by atoms with E-state index < -0.39 is 0 Å². The second-order valence-corrected chi connectivity index (χ2v) is 3.29. The van der Waals surface area contributed by atoms with Crippen LogP contribution in [0.2, 0.25) is 0 Å². The molecule has 12 heavy (non-hydrogen) atoms. The summed E-state index contributed by atoms with van der Waals surface area (Å²) in [5.74, 6) is 0.566. The number of hydrogen-bond donors (Lipinski definition) is 0. The lowest BCUT2D eigenvalue weighted by molar-refractivity contribution is 0.142. The lowest BCUT2D eigenvalue weighted by Gasteiger charge is -2.04. The first-order valence-electron chi connectivity index (χ1n) is 4.77. The minimum absolute atomic E-state index is 0.566. The van der Waals surface area contributed by atoms with Crippen molar-refractivity contribution >= 4 is 5.71 Å². The summed E-state index contributed by atoms with van der Waals surface area (Å²) < 4.78 is 5.31. The van der Waals surface area contributed by atoms with Crippen molar-refractivity contribution in [2.24, 2.45) is 10.9 Å². The fourth-order valence-corrected chi connectivity index (χ4v) is 0.716. The summed E-state index contributed by atoms with van der Waals surface area (Å²) in [6.45, 7) is 10.9. The number of aliphatic imine (C=N–C) groups is 1. The molecule has 0 aromatic carbocycles. The zero-order valence-electron chi connectivity index (χ0n) is 8.76. The predicted molar refractivity (Wildman–Crippen MR) is 53.9 cm³/mol. The molecule has 0 aromatic rings. The number of nitrogens with zero attached hydrogens (tertiary/aromatic N) is 1. The zero-order valence-corrected chi connectivity index (χ0v) is 8.76. The third kappa shape index (κ3) is 6.35. The summed E-state index contributed by atoms with van der Waals surface area (Å²) in [5.41, 5.74) is 1.22. The first-order chi connectivity index (χ1) is 5.68. The van der Waals surface area contributed by atoms with Crippen LogP contribution in [0.25, 0.3) is 0 Å². The Labute approximate surface area is 76.0 Å². The van der Waals surface area contributed by atoms with E-state index in [0.717, 1.165) is 26.2 Å². The summed E-state index contributed by atoms with van der Waals surface area (Å²) in [5, 5.41) is 0. The van der Waals surface area contributed by atoms with Crippen LogP contribution in [0.4, 0.5) is 0 Å². The largest absolute Gasteiger partial charge is 0.380 e. The SMILES string of the molecule is CCCOCCN=C(C)C(C)C. The van der Waals surface area contributed by atoms with Crippen LogP contribution in [0.5, 0.6) is 0 Å². The van der Waals surface area contributed by atoms with Gasteiger partial charge in [0, 0.05) is 12.3 Å². The topological polar surface area (TPSA) is 21.6 Å². The van der Waals surface area contributed by atoms with Gasteiger partial charge in [0.05, 0.1) is 13.2 Å². The van der Waals surface area contributed by atoms with Crippen LogP contribution in [0.15, 0.2) is 4.99 Å². The number of ether oxygens (including phenoxy) is 1. The average Bonchev–Trinajstić information content (AvgIpc) is 2.03. The van der Waals surface area contributed by atoms with Gasteiger partial charge in [-0.25, -0.2) is 0 Å². The van der Waals surface area contributed by atoms with Gasteiger partial charge in [-0.05, 0) is 19.3 Å².